The smallest absolute Gasteiger partial charge is 0.256 e. The van der Waals surface area contributed by atoms with Crippen LogP contribution >= 0.6 is 0 Å². The van der Waals surface area contributed by atoms with Gasteiger partial charge in [0.25, 0.3) is 5.91 Å². The third-order valence-electron chi connectivity index (χ3n) is 5.38. The van der Waals surface area contributed by atoms with Gasteiger partial charge in [0.2, 0.25) is 5.91 Å². The Bertz CT molecular complexity index is 936. The first-order valence-electron chi connectivity index (χ1n) is 9.60. The maximum absolute atomic E-state index is 12.5. The summed E-state index contributed by atoms with van der Waals surface area (Å²) in [4.78, 5) is 31.4. The Labute approximate surface area is 164 Å². The molecule has 2 amide bonds. The summed E-state index contributed by atoms with van der Waals surface area (Å²) in [6.07, 6.45) is 6.55. The molecule has 1 aromatic heterocycles. The van der Waals surface area contributed by atoms with Crippen molar-refractivity contribution >= 4 is 23.3 Å². The second-order valence-electron chi connectivity index (χ2n) is 7.40. The molecule has 1 aromatic carbocycles. The van der Waals surface area contributed by atoms with Crippen molar-refractivity contribution in [3.63, 3.8) is 0 Å². The van der Waals surface area contributed by atoms with Crippen LogP contribution in [0.25, 0.3) is 0 Å². The molecule has 1 aliphatic carbocycles. The van der Waals surface area contributed by atoms with Gasteiger partial charge in [0.05, 0.1) is 5.56 Å². The van der Waals surface area contributed by atoms with E-state index in [0.29, 0.717) is 11.4 Å². The lowest BCUT2D eigenvalue weighted by Gasteiger charge is -2.35. The molecule has 2 N–H and O–H groups in total. The molecule has 0 spiro atoms. The van der Waals surface area contributed by atoms with E-state index in [-0.39, 0.29) is 23.9 Å². The molecule has 0 bridgehead atoms. The standard InChI is InChI=1S/C22H24N4O2/c1-14-8-13-18-20(23-14)26(2)19(25-22(18)28)15-9-11-17(12-10-15)24-21(27)16-6-4-3-5-7-16/h3-4,8-13,16,19H,5-7H2,1-2H3,(H,24,27)(H,25,28)/t16-,19-/m1/s1. The number of nitrogens with one attached hydrogen (secondary N) is 2. The molecule has 144 valence electrons. The molecule has 2 heterocycles. The Morgan fingerprint density at radius 1 is 1.18 bits per heavy atom. The number of anilines is 2. The zero-order valence-corrected chi connectivity index (χ0v) is 16.1. The number of hydrogen-bond donors (Lipinski definition) is 2. The highest BCUT2D eigenvalue weighted by Crippen LogP contribution is 2.31. The minimum absolute atomic E-state index is 0.0410. The molecule has 0 saturated carbocycles. The molecule has 0 saturated heterocycles. The van der Waals surface area contributed by atoms with E-state index in [1.54, 1.807) is 6.07 Å². The van der Waals surface area contributed by atoms with E-state index in [0.717, 1.165) is 36.2 Å². The molecule has 1 aliphatic heterocycles. The summed E-state index contributed by atoms with van der Waals surface area (Å²) in [6.45, 7) is 1.91. The van der Waals surface area contributed by atoms with Gasteiger partial charge in [-0.15, -0.1) is 0 Å². The normalized spacial score (nSPS) is 21.1. The van der Waals surface area contributed by atoms with Gasteiger partial charge in [0, 0.05) is 24.3 Å². The van der Waals surface area contributed by atoms with Crippen LogP contribution < -0.4 is 15.5 Å². The number of aryl methyl sites for hydroxylation is 1. The number of allylic oxidation sites excluding steroid dienone is 2. The maximum atomic E-state index is 12.5. The number of carbonyl (C=O) groups is 2. The van der Waals surface area contributed by atoms with Crippen LogP contribution in [0.3, 0.4) is 0 Å². The fourth-order valence-electron chi connectivity index (χ4n) is 3.74. The summed E-state index contributed by atoms with van der Waals surface area (Å²) >= 11 is 0. The average Bonchev–Trinajstić information content (AvgIpc) is 2.72. The summed E-state index contributed by atoms with van der Waals surface area (Å²) in [6, 6.07) is 11.3. The molecule has 2 aromatic rings. The Balaban J connectivity index is 1.50. The van der Waals surface area contributed by atoms with Gasteiger partial charge in [-0.3, -0.25) is 9.59 Å². The van der Waals surface area contributed by atoms with E-state index in [9.17, 15) is 9.59 Å². The number of fused-ring (bicyclic) bond motifs is 1. The highest BCUT2D eigenvalue weighted by molar-refractivity contribution is 6.01. The van der Waals surface area contributed by atoms with Gasteiger partial charge >= 0.3 is 0 Å². The lowest BCUT2D eigenvalue weighted by Crippen LogP contribution is -2.45. The van der Waals surface area contributed by atoms with Crippen molar-refractivity contribution in [2.75, 3.05) is 17.3 Å². The molecule has 6 nitrogen and oxygen atoms in total. The summed E-state index contributed by atoms with van der Waals surface area (Å²) in [7, 11) is 1.92. The van der Waals surface area contributed by atoms with Gasteiger partial charge in [-0.2, -0.15) is 0 Å². The zero-order chi connectivity index (χ0) is 19.7. The molecule has 2 atom stereocenters. The van der Waals surface area contributed by atoms with Crippen LogP contribution in [0.2, 0.25) is 0 Å². The molecular weight excluding hydrogens is 352 g/mol. The van der Waals surface area contributed by atoms with Crippen LogP contribution in [-0.2, 0) is 4.79 Å². The third kappa shape index (κ3) is 3.50. The van der Waals surface area contributed by atoms with Gasteiger partial charge in [-0.25, -0.2) is 4.98 Å². The van der Waals surface area contributed by atoms with Gasteiger partial charge in [-0.1, -0.05) is 24.3 Å². The van der Waals surface area contributed by atoms with Crippen molar-refractivity contribution in [1.29, 1.82) is 0 Å². The number of nitrogens with zero attached hydrogens (tertiary/aromatic N) is 2. The van der Waals surface area contributed by atoms with E-state index in [1.807, 2.05) is 49.2 Å². The second kappa shape index (κ2) is 7.46. The molecule has 4 rings (SSSR count). The molecule has 2 aliphatic rings. The van der Waals surface area contributed by atoms with Gasteiger partial charge in [0.15, 0.2) is 0 Å². The monoisotopic (exact) mass is 376 g/mol. The lowest BCUT2D eigenvalue weighted by atomic mass is 9.93. The van der Waals surface area contributed by atoms with Crippen molar-refractivity contribution in [3.05, 3.63) is 65.4 Å². The van der Waals surface area contributed by atoms with Crippen molar-refractivity contribution in [1.82, 2.24) is 10.3 Å². The molecule has 6 heteroatoms. The Hall–Kier alpha value is -3.15. The summed E-state index contributed by atoms with van der Waals surface area (Å²) in [5, 5.41) is 6.02. The molecule has 0 unspecified atom stereocenters. The van der Waals surface area contributed by atoms with Crippen molar-refractivity contribution in [2.45, 2.75) is 32.4 Å². The van der Waals surface area contributed by atoms with Crippen LogP contribution in [0.5, 0.6) is 0 Å². The molecular formula is C22H24N4O2. The number of hydrogen-bond acceptors (Lipinski definition) is 4. The van der Waals surface area contributed by atoms with Gasteiger partial charge < -0.3 is 15.5 Å². The fourth-order valence-corrected chi connectivity index (χ4v) is 3.74. The highest BCUT2D eigenvalue weighted by atomic mass is 16.2. The molecule has 28 heavy (non-hydrogen) atoms. The molecule has 0 fully saturated rings. The minimum atomic E-state index is -0.303. The van der Waals surface area contributed by atoms with Gasteiger partial charge in [0.1, 0.15) is 12.0 Å². The predicted octanol–water partition coefficient (Wildman–Crippen LogP) is 3.56. The van der Waals surface area contributed by atoms with E-state index in [1.165, 1.54) is 0 Å². The van der Waals surface area contributed by atoms with E-state index >= 15 is 0 Å². The third-order valence-corrected chi connectivity index (χ3v) is 5.38. The maximum Gasteiger partial charge on any atom is 0.256 e. The van der Waals surface area contributed by atoms with Crippen molar-refractivity contribution in [3.8, 4) is 0 Å². The number of rotatable bonds is 3. The van der Waals surface area contributed by atoms with Crippen molar-refractivity contribution < 1.29 is 9.59 Å². The Morgan fingerprint density at radius 3 is 2.68 bits per heavy atom. The summed E-state index contributed by atoms with van der Waals surface area (Å²) < 4.78 is 0. The van der Waals surface area contributed by atoms with Crippen LogP contribution in [0.4, 0.5) is 11.5 Å². The average molecular weight is 376 g/mol. The largest absolute Gasteiger partial charge is 0.335 e. The van der Waals surface area contributed by atoms with Crippen LogP contribution in [0.1, 0.15) is 47.0 Å². The highest BCUT2D eigenvalue weighted by Gasteiger charge is 2.30. The van der Waals surface area contributed by atoms with E-state index < -0.39 is 0 Å². The van der Waals surface area contributed by atoms with Crippen LogP contribution in [0, 0.1) is 12.8 Å². The predicted molar refractivity (Wildman–Crippen MR) is 109 cm³/mol. The number of benzene rings is 1. The second-order valence-corrected chi connectivity index (χ2v) is 7.40. The van der Waals surface area contributed by atoms with Gasteiger partial charge in [-0.05, 0) is 56.0 Å². The number of pyridine rings is 1. The van der Waals surface area contributed by atoms with E-state index in [4.69, 9.17) is 0 Å². The summed E-state index contributed by atoms with van der Waals surface area (Å²) in [5.74, 6) is 0.651. The number of amides is 2. The summed E-state index contributed by atoms with van der Waals surface area (Å²) in [5.41, 5.74) is 3.15. The Kier molecular flexibility index (Phi) is 4.86. The first kappa shape index (κ1) is 18.2. The molecule has 0 radical (unpaired) electrons. The Morgan fingerprint density at radius 2 is 1.96 bits per heavy atom. The first-order valence-corrected chi connectivity index (χ1v) is 9.60. The van der Waals surface area contributed by atoms with Crippen molar-refractivity contribution in [2.24, 2.45) is 5.92 Å². The topological polar surface area (TPSA) is 74.3 Å². The number of carbonyl (C=O) groups excluding carboxylic acids is 2. The number of aromatic nitrogens is 1. The zero-order valence-electron chi connectivity index (χ0n) is 16.1. The fraction of sp³-hybridized carbons (Fsp3) is 0.318. The van der Waals surface area contributed by atoms with Crippen LogP contribution in [-0.4, -0.2) is 23.8 Å². The minimum Gasteiger partial charge on any atom is -0.335 e. The van der Waals surface area contributed by atoms with Crippen LogP contribution in [0.15, 0.2) is 48.6 Å². The first-order chi connectivity index (χ1) is 13.5. The van der Waals surface area contributed by atoms with E-state index in [2.05, 4.69) is 27.8 Å². The lowest BCUT2D eigenvalue weighted by molar-refractivity contribution is -0.120. The quantitative estimate of drug-likeness (QED) is 0.803. The SMILES string of the molecule is Cc1ccc2c(n1)N(C)[C@H](c1ccc(NC(=O)[C@@H]3CC=CCC3)cc1)NC2=O.